The van der Waals surface area contributed by atoms with Gasteiger partial charge in [-0.3, -0.25) is 9.59 Å². The van der Waals surface area contributed by atoms with Gasteiger partial charge in [-0.1, -0.05) is 19.3 Å². The molecule has 0 bridgehead atoms. The lowest BCUT2D eigenvalue weighted by Crippen LogP contribution is -2.53. The molecule has 25 heavy (non-hydrogen) atoms. The quantitative estimate of drug-likeness (QED) is 0.372. The fraction of sp³-hybridized carbons (Fsp3) is 0.824. The number of carbonyl (C=O) groups is 2. The van der Waals surface area contributed by atoms with E-state index in [1.807, 2.05) is 11.8 Å². The van der Waals surface area contributed by atoms with Crippen LogP contribution >= 0.6 is 24.0 Å². The van der Waals surface area contributed by atoms with Gasteiger partial charge in [-0.15, -0.1) is 24.0 Å². The van der Waals surface area contributed by atoms with Crippen LogP contribution in [0, 0.1) is 0 Å². The number of hydrogen-bond acceptors (Lipinski definition) is 3. The smallest absolute Gasteiger partial charge is 0.242 e. The minimum Gasteiger partial charge on any atom is -0.357 e. The van der Waals surface area contributed by atoms with Gasteiger partial charge >= 0.3 is 0 Å². The Kier molecular flexibility index (Phi) is 10.1. The van der Waals surface area contributed by atoms with E-state index in [1.165, 1.54) is 19.3 Å². The third-order valence-electron chi connectivity index (χ3n) is 4.70. The number of amides is 2. The minimum atomic E-state index is -0.000301. The van der Waals surface area contributed by atoms with E-state index in [2.05, 4.69) is 20.5 Å². The average molecular weight is 465 g/mol. The van der Waals surface area contributed by atoms with Crippen LogP contribution in [0.15, 0.2) is 4.99 Å². The van der Waals surface area contributed by atoms with Crippen LogP contribution in [0.2, 0.25) is 0 Å². The Morgan fingerprint density at radius 1 is 1.04 bits per heavy atom. The van der Waals surface area contributed by atoms with E-state index in [0.717, 1.165) is 38.4 Å². The molecule has 2 aliphatic rings. The monoisotopic (exact) mass is 465 g/mol. The van der Waals surface area contributed by atoms with E-state index in [4.69, 9.17) is 0 Å². The number of hydrogen-bond donors (Lipinski definition) is 2. The summed E-state index contributed by atoms with van der Waals surface area (Å²) < 4.78 is 0. The lowest BCUT2D eigenvalue weighted by atomic mass is 9.95. The molecule has 0 unspecified atom stereocenters. The molecule has 0 spiro atoms. The summed E-state index contributed by atoms with van der Waals surface area (Å²) in [6.07, 6.45) is 5.86. The second-order valence-corrected chi connectivity index (χ2v) is 6.57. The van der Waals surface area contributed by atoms with Gasteiger partial charge in [0.15, 0.2) is 5.96 Å². The van der Waals surface area contributed by atoms with Crippen molar-refractivity contribution < 1.29 is 9.59 Å². The highest BCUT2D eigenvalue weighted by Gasteiger charge is 2.21. The van der Waals surface area contributed by atoms with Crippen LogP contribution in [0.4, 0.5) is 0 Å². The van der Waals surface area contributed by atoms with Gasteiger partial charge in [-0.2, -0.15) is 0 Å². The molecule has 1 aliphatic heterocycles. The molecule has 0 radical (unpaired) electrons. The average Bonchev–Trinajstić information content (AvgIpc) is 2.59. The summed E-state index contributed by atoms with van der Waals surface area (Å²) in [5.41, 5.74) is 0. The molecule has 8 heteroatoms. The van der Waals surface area contributed by atoms with Crippen molar-refractivity contribution in [1.82, 2.24) is 20.4 Å². The van der Waals surface area contributed by atoms with Crippen molar-refractivity contribution in [2.75, 3.05) is 39.3 Å². The molecule has 1 saturated heterocycles. The van der Waals surface area contributed by atoms with Gasteiger partial charge < -0.3 is 20.4 Å². The minimum absolute atomic E-state index is 0. The van der Waals surface area contributed by atoms with Gasteiger partial charge in [-0.25, -0.2) is 4.99 Å². The number of nitrogens with one attached hydrogen (secondary N) is 2. The van der Waals surface area contributed by atoms with Crippen molar-refractivity contribution in [2.45, 2.75) is 52.0 Å². The molecule has 144 valence electrons. The molecule has 2 rings (SSSR count). The third-order valence-corrected chi connectivity index (χ3v) is 4.70. The second kappa shape index (κ2) is 11.5. The van der Waals surface area contributed by atoms with Crippen molar-refractivity contribution in [2.24, 2.45) is 4.99 Å². The predicted octanol–water partition coefficient (Wildman–Crippen LogP) is 1.18. The first-order valence-electron chi connectivity index (χ1n) is 9.18. The van der Waals surface area contributed by atoms with Gasteiger partial charge in [-0.05, 0) is 19.8 Å². The number of guanidine groups is 1. The molecule has 0 aromatic carbocycles. The van der Waals surface area contributed by atoms with Crippen molar-refractivity contribution in [1.29, 1.82) is 0 Å². The zero-order valence-electron chi connectivity index (χ0n) is 15.4. The van der Waals surface area contributed by atoms with Crippen LogP contribution in [-0.2, 0) is 9.59 Å². The van der Waals surface area contributed by atoms with E-state index < -0.39 is 0 Å². The largest absolute Gasteiger partial charge is 0.357 e. The Bertz CT molecular complexity index is 458. The molecular weight excluding hydrogens is 433 g/mol. The zero-order valence-corrected chi connectivity index (χ0v) is 17.8. The summed E-state index contributed by atoms with van der Waals surface area (Å²) in [6.45, 7) is 7.43. The fourth-order valence-electron chi connectivity index (χ4n) is 3.33. The highest BCUT2D eigenvalue weighted by molar-refractivity contribution is 14.0. The Balaban J connectivity index is 0.00000312. The van der Waals surface area contributed by atoms with Crippen molar-refractivity contribution in [3.63, 3.8) is 0 Å². The molecule has 2 amide bonds. The topological polar surface area (TPSA) is 77.0 Å². The summed E-state index contributed by atoms with van der Waals surface area (Å²) in [6, 6.07) is 0.322. The van der Waals surface area contributed by atoms with Crippen LogP contribution in [-0.4, -0.2) is 72.9 Å². The Labute approximate surface area is 168 Å². The number of halogens is 1. The van der Waals surface area contributed by atoms with Crippen LogP contribution in [0.25, 0.3) is 0 Å². The molecule has 0 aromatic rings. The van der Waals surface area contributed by atoms with Gasteiger partial charge in [0.1, 0.15) is 6.54 Å². The number of nitrogens with zero attached hydrogens (tertiary/aromatic N) is 3. The van der Waals surface area contributed by atoms with Crippen LogP contribution in [0.3, 0.4) is 0 Å². The normalized spacial score (nSPS) is 19.2. The second-order valence-electron chi connectivity index (χ2n) is 6.57. The summed E-state index contributed by atoms with van der Waals surface area (Å²) in [5.74, 6) is 0.877. The highest BCUT2D eigenvalue weighted by atomic mass is 127. The number of aliphatic imine (C=N–C) groups is 1. The van der Waals surface area contributed by atoms with Crippen molar-refractivity contribution >= 4 is 41.8 Å². The molecule has 2 N–H and O–H groups in total. The fourth-order valence-corrected chi connectivity index (χ4v) is 3.33. The zero-order chi connectivity index (χ0) is 17.4. The molecule has 1 heterocycles. The van der Waals surface area contributed by atoms with E-state index >= 15 is 0 Å². The standard InChI is InChI=1S/C17H31N5O2.HI/c1-3-18-17(22-11-9-21(10-12-22)14(2)23)19-13-16(24)20-15-7-5-4-6-8-15;/h15H,3-13H2,1-2H3,(H,18,19)(H,20,24);1H. The first-order valence-corrected chi connectivity index (χ1v) is 9.18. The van der Waals surface area contributed by atoms with Gasteiger partial charge in [0.25, 0.3) is 0 Å². The van der Waals surface area contributed by atoms with Crippen LogP contribution in [0.1, 0.15) is 46.0 Å². The number of piperazine rings is 1. The van der Waals surface area contributed by atoms with Gasteiger partial charge in [0.05, 0.1) is 0 Å². The maximum atomic E-state index is 12.1. The molecule has 7 nitrogen and oxygen atoms in total. The Morgan fingerprint density at radius 3 is 2.20 bits per heavy atom. The maximum Gasteiger partial charge on any atom is 0.242 e. The molecule has 1 saturated carbocycles. The summed E-state index contributed by atoms with van der Waals surface area (Å²) >= 11 is 0. The van der Waals surface area contributed by atoms with E-state index in [0.29, 0.717) is 19.1 Å². The van der Waals surface area contributed by atoms with E-state index in [1.54, 1.807) is 6.92 Å². The first-order chi connectivity index (χ1) is 11.6. The Hall–Kier alpha value is -1.06. The third kappa shape index (κ3) is 7.37. The lowest BCUT2D eigenvalue weighted by Gasteiger charge is -2.36. The van der Waals surface area contributed by atoms with Crippen molar-refractivity contribution in [3.05, 3.63) is 0 Å². The Morgan fingerprint density at radius 2 is 1.64 bits per heavy atom. The molecular formula is C17H32IN5O2. The summed E-state index contributed by atoms with van der Waals surface area (Å²) in [4.78, 5) is 32.0. The van der Waals surface area contributed by atoms with Crippen LogP contribution in [0.5, 0.6) is 0 Å². The number of rotatable bonds is 4. The summed E-state index contributed by atoms with van der Waals surface area (Å²) in [7, 11) is 0. The van der Waals surface area contributed by atoms with Crippen molar-refractivity contribution in [3.8, 4) is 0 Å². The van der Waals surface area contributed by atoms with Gasteiger partial charge in [0.2, 0.25) is 11.8 Å². The highest BCUT2D eigenvalue weighted by Crippen LogP contribution is 2.17. The maximum absolute atomic E-state index is 12.1. The van der Waals surface area contributed by atoms with E-state index in [9.17, 15) is 9.59 Å². The number of carbonyl (C=O) groups excluding carboxylic acids is 2. The van der Waals surface area contributed by atoms with Crippen LogP contribution < -0.4 is 10.6 Å². The predicted molar refractivity (Wildman–Crippen MR) is 110 cm³/mol. The van der Waals surface area contributed by atoms with Gasteiger partial charge in [0, 0.05) is 45.7 Å². The molecule has 0 aromatic heterocycles. The molecule has 2 fully saturated rings. The molecule has 1 aliphatic carbocycles. The summed E-state index contributed by atoms with van der Waals surface area (Å²) in [5, 5.41) is 6.34. The first kappa shape index (κ1) is 22.0. The van der Waals surface area contributed by atoms with E-state index in [-0.39, 0.29) is 42.3 Å². The molecule has 0 atom stereocenters. The SMILES string of the molecule is CCNC(=NCC(=O)NC1CCCCC1)N1CCN(C(C)=O)CC1.I. The lowest BCUT2D eigenvalue weighted by molar-refractivity contribution is -0.130.